The van der Waals surface area contributed by atoms with Gasteiger partial charge in [-0.2, -0.15) is 0 Å². The molecule has 2 heterocycles. The van der Waals surface area contributed by atoms with Gasteiger partial charge in [0.25, 0.3) is 0 Å². The lowest BCUT2D eigenvalue weighted by atomic mass is 10.0. The van der Waals surface area contributed by atoms with Gasteiger partial charge in [-0.3, -0.25) is 0 Å². The van der Waals surface area contributed by atoms with E-state index in [1.807, 2.05) is 0 Å². The van der Waals surface area contributed by atoms with E-state index in [2.05, 4.69) is 166 Å². The van der Waals surface area contributed by atoms with E-state index in [1.54, 1.807) is 0 Å². The summed E-state index contributed by atoms with van der Waals surface area (Å²) < 4.78 is 0. The number of nitrogens with zero attached hydrogens (tertiary/aromatic N) is 5. The van der Waals surface area contributed by atoms with Gasteiger partial charge < -0.3 is 5.32 Å². The average molecular weight is 649 g/mol. The third-order valence-electron chi connectivity index (χ3n) is 9.07. The number of rotatable bonds is 6. The van der Waals surface area contributed by atoms with Crippen LogP contribution in [0.25, 0.3) is 44.9 Å². The number of aryl methyl sites for hydroxylation is 4. The number of fused-ring (bicyclic) bond motifs is 1. The first-order valence-corrected chi connectivity index (χ1v) is 16.9. The number of nitrogens with one attached hydrogen (secondary N) is 1. The largest absolute Gasteiger partial charge is 0.344 e. The Hall–Kier alpha value is -6.27. The van der Waals surface area contributed by atoms with Crippen LogP contribution in [0.5, 0.6) is 0 Å². The van der Waals surface area contributed by atoms with Crippen molar-refractivity contribution in [3.05, 3.63) is 172 Å². The minimum Gasteiger partial charge on any atom is -0.344 e. The highest BCUT2D eigenvalue weighted by Gasteiger charge is 2.21. The summed E-state index contributed by atoms with van der Waals surface area (Å²) in [5.41, 5.74) is 10.7. The van der Waals surface area contributed by atoms with Crippen LogP contribution in [0.3, 0.4) is 0 Å². The van der Waals surface area contributed by atoms with Gasteiger partial charge in [0.15, 0.2) is 23.3 Å². The van der Waals surface area contributed by atoms with Crippen molar-refractivity contribution in [3.63, 3.8) is 0 Å². The molecule has 0 radical (unpaired) electrons. The zero-order valence-corrected chi connectivity index (χ0v) is 28.5. The summed E-state index contributed by atoms with van der Waals surface area (Å²) in [4.78, 5) is 24.9. The molecule has 50 heavy (non-hydrogen) atoms. The van der Waals surface area contributed by atoms with Gasteiger partial charge in [0.1, 0.15) is 12.0 Å². The lowest BCUT2D eigenvalue weighted by molar-refractivity contribution is 0.674. The summed E-state index contributed by atoms with van der Waals surface area (Å²) in [5.74, 6) is 3.43. The van der Waals surface area contributed by atoms with Crippen molar-refractivity contribution < 1.29 is 0 Å². The van der Waals surface area contributed by atoms with Crippen LogP contribution < -0.4 is 5.32 Å². The quantitative estimate of drug-likeness (QED) is 0.195. The van der Waals surface area contributed by atoms with Crippen molar-refractivity contribution in [2.24, 2.45) is 9.98 Å². The zero-order valence-electron chi connectivity index (χ0n) is 28.5. The van der Waals surface area contributed by atoms with Gasteiger partial charge in [-0.15, -0.1) is 0 Å². The fourth-order valence-electron chi connectivity index (χ4n) is 6.05. The Balaban J connectivity index is 1.17. The molecule has 6 heteroatoms. The molecule has 0 fully saturated rings. The topological polar surface area (TPSA) is 75.4 Å². The van der Waals surface area contributed by atoms with Gasteiger partial charge in [0.2, 0.25) is 0 Å². The number of aliphatic imine (C=N–C) groups is 2. The molecule has 8 rings (SSSR count). The lowest BCUT2D eigenvalue weighted by Gasteiger charge is -2.24. The fraction of sp³-hybridized carbons (Fsp3) is 0.114. The van der Waals surface area contributed by atoms with Crippen molar-refractivity contribution in [2.45, 2.75) is 33.9 Å². The monoisotopic (exact) mass is 648 g/mol. The molecule has 0 saturated heterocycles. The third-order valence-corrected chi connectivity index (χ3v) is 9.07. The number of benzene rings is 6. The third kappa shape index (κ3) is 6.43. The van der Waals surface area contributed by atoms with Crippen molar-refractivity contribution in [1.29, 1.82) is 0 Å². The summed E-state index contributed by atoms with van der Waals surface area (Å²) >= 11 is 0. The van der Waals surface area contributed by atoms with Crippen LogP contribution in [0, 0.1) is 27.7 Å². The Morgan fingerprint density at radius 3 is 1.34 bits per heavy atom. The van der Waals surface area contributed by atoms with E-state index < -0.39 is 0 Å². The maximum absolute atomic E-state index is 5.03. The molecule has 1 aliphatic heterocycles. The van der Waals surface area contributed by atoms with Gasteiger partial charge in [-0.05, 0) is 56.2 Å². The summed E-state index contributed by atoms with van der Waals surface area (Å²) in [5, 5.41) is 5.78. The lowest BCUT2D eigenvalue weighted by Crippen LogP contribution is -2.33. The Morgan fingerprint density at radius 1 is 0.420 bits per heavy atom. The Labute approximate surface area is 292 Å². The van der Waals surface area contributed by atoms with Crippen molar-refractivity contribution >= 4 is 22.4 Å². The predicted molar refractivity (Wildman–Crippen MR) is 204 cm³/mol. The van der Waals surface area contributed by atoms with Crippen LogP contribution in [0.4, 0.5) is 0 Å². The van der Waals surface area contributed by atoms with Crippen LogP contribution in [0.1, 0.15) is 45.1 Å². The Morgan fingerprint density at radius 2 is 0.820 bits per heavy atom. The van der Waals surface area contributed by atoms with Gasteiger partial charge in [-0.25, -0.2) is 24.9 Å². The second-order valence-electron chi connectivity index (χ2n) is 13.1. The van der Waals surface area contributed by atoms with E-state index in [1.165, 1.54) is 22.3 Å². The molecule has 1 unspecified atom stereocenters. The van der Waals surface area contributed by atoms with Crippen molar-refractivity contribution in [3.8, 4) is 34.2 Å². The molecule has 1 aliphatic rings. The second-order valence-corrected chi connectivity index (χ2v) is 13.1. The smallest absolute Gasteiger partial charge is 0.164 e. The standard InChI is InChI=1S/C44H36N6/c1-27-5-13-31(14-6-27)39-45-40(32-15-7-28(2)8-16-32)48-43(47-39)37-23-21-36-26-38(24-22-35(36)25-37)44-49-41(33-17-9-29(3)10-18-33)46-42(50-44)34-19-11-30(4)12-20-34/h5-26,39H,1-4H3,(H,45,47,48). The Kier molecular flexibility index (Phi) is 8.05. The molecule has 6 aromatic carbocycles. The Bertz CT molecular complexity index is 2340. The normalized spacial score (nSPS) is 14.2. The SMILES string of the molecule is Cc1ccc(C2=NC(c3ccc(C)cc3)NC(c3ccc4cc(-c5nc(-c6ccc(C)cc6)nc(-c6ccc(C)cc6)n5)ccc4c3)=N2)cc1. The number of hydrogen-bond donors (Lipinski definition) is 1. The van der Waals surface area contributed by atoms with Gasteiger partial charge >= 0.3 is 0 Å². The van der Waals surface area contributed by atoms with Crippen LogP contribution in [0.2, 0.25) is 0 Å². The highest BCUT2D eigenvalue weighted by Crippen LogP contribution is 2.29. The molecule has 0 saturated carbocycles. The van der Waals surface area contributed by atoms with E-state index in [9.17, 15) is 0 Å². The maximum Gasteiger partial charge on any atom is 0.164 e. The van der Waals surface area contributed by atoms with Gasteiger partial charge in [0.05, 0.1) is 0 Å². The average Bonchev–Trinajstić information content (AvgIpc) is 3.15. The van der Waals surface area contributed by atoms with E-state index in [0.29, 0.717) is 23.3 Å². The van der Waals surface area contributed by atoms with Crippen molar-refractivity contribution in [1.82, 2.24) is 20.3 Å². The molecular formula is C44H36N6. The summed E-state index contributed by atoms with van der Waals surface area (Å²) in [6.45, 7) is 8.34. The van der Waals surface area contributed by atoms with E-state index >= 15 is 0 Å². The summed E-state index contributed by atoms with van der Waals surface area (Å²) in [6.07, 6.45) is -0.258. The molecule has 1 aromatic heterocycles. The first-order valence-electron chi connectivity index (χ1n) is 16.9. The number of aromatic nitrogens is 3. The highest BCUT2D eigenvalue weighted by molar-refractivity contribution is 6.14. The molecule has 0 aliphatic carbocycles. The van der Waals surface area contributed by atoms with Crippen LogP contribution >= 0.6 is 0 Å². The van der Waals surface area contributed by atoms with Crippen LogP contribution in [-0.2, 0) is 0 Å². The van der Waals surface area contributed by atoms with Crippen molar-refractivity contribution in [2.75, 3.05) is 0 Å². The summed E-state index contributed by atoms with van der Waals surface area (Å²) in [7, 11) is 0. The minimum atomic E-state index is -0.258. The minimum absolute atomic E-state index is 0.258. The van der Waals surface area contributed by atoms with Gasteiger partial charge in [0, 0.05) is 27.8 Å². The molecule has 1 atom stereocenters. The first-order chi connectivity index (χ1) is 24.3. The van der Waals surface area contributed by atoms with E-state index in [0.717, 1.165) is 50.0 Å². The van der Waals surface area contributed by atoms with Crippen LogP contribution in [-0.4, -0.2) is 26.6 Å². The fourth-order valence-corrected chi connectivity index (χ4v) is 6.05. The highest BCUT2D eigenvalue weighted by atomic mass is 15.2. The molecule has 242 valence electrons. The second kappa shape index (κ2) is 13.0. The maximum atomic E-state index is 5.03. The van der Waals surface area contributed by atoms with E-state index in [4.69, 9.17) is 24.9 Å². The number of hydrogen-bond acceptors (Lipinski definition) is 6. The summed E-state index contributed by atoms with van der Waals surface area (Å²) in [6, 6.07) is 46.3. The molecule has 0 spiro atoms. The number of amidine groups is 2. The molecule has 7 aromatic rings. The van der Waals surface area contributed by atoms with Crippen LogP contribution in [0.15, 0.2) is 143 Å². The molecule has 0 amide bonds. The molecular weight excluding hydrogens is 613 g/mol. The molecule has 1 N–H and O–H groups in total. The van der Waals surface area contributed by atoms with E-state index in [-0.39, 0.29) is 6.17 Å². The zero-order chi connectivity index (χ0) is 34.2. The molecule has 0 bridgehead atoms. The predicted octanol–water partition coefficient (Wildman–Crippen LogP) is 9.75. The van der Waals surface area contributed by atoms with Gasteiger partial charge in [-0.1, -0.05) is 144 Å². The molecule has 6 nitrogen and oxygen atoms in total. The first kappa shape index (κ1) is 31.0.